The van der Waals surface area contributed by atoms with Crippen molar-refractivity contribution in [2.45, 2.75) is 20.8 Å². The third-order valence-corrected chi connectivity index (χ3v) is 2.97. The molecule has 1 aromatic rings. The molecule has 4 heteroatoms. The molecule has 0 unspecified atom stereocenters. The Morgan fingerprint density at radius 2 is 1.89 bits per heavy atom. The van der Waals surface area contributed by atoms with Crippen LogP contribution in [-0.2, 0) is 9.47 Å². The van der Waals surface area contributed by atoms with Gasteiger partial charge in [0.15, 0.2) is 0 Å². The highest BCUT2D eigenvalue weighted by Gasteiger charge is 2.14. The summed E-state index contributed by atoms with van der Waals surface area (Å²) in [5.74, 6) is -0.290. The van der Waals surface area contributed by atoms with Gasteiger partial charge in [-0.3, -0.25) is 0 Å². The van der Waals surface area contributed by atoms with Crippen molar-refractivity contribution in [3.05, 3.63) is 29.3 Å². The minimum Gasteiger partial charge on any atom is -0.465 e. The summed E-state index contributed by atoms with van der Waals surface area (Å²) >= 11 is 0. The van der Waals surface area contributed by atoms with Gasteiger partial charge < -0.3 is 14.4 Å². The number of morpholine rings is 1. The van der Waals surface area contributed by atoms with Crippen LogP contribution >= 0.6 is 0 Å². The van der Waals surface area contributed by atoms with Crippen LogP contribution in [0.5, 0.6) is 0 Å². The van der Waals surface area contributed by atoms with Gasteiger partial charge in [-0.05, 0) is 30.7 Å². The van der Waals surface area contributed by atoms with E-state index in [1.807, 2.05) is 39.0 Å². The first-order valence-electron chi connectivity index (χ1n) is 6.74. The summed E-state index contributed by atoms with van der Waals surface area (Å²) in [6.45, 7) is 9.34. The number of hydrogen-bond donors (Lipinski definition) is 0. The van der Waals surface area contributed by atoms with Crippen LogP contribution in [0.2, 0.25) is 0 Å². The molecular formula is C15H23NO3. The van der Waals surface area contributed by atoms with Gasteiger partial charge in [-0.2, -0.15) is 0 Å². The number of benzene rings is 1. The predicted molar refractivity (Wildman–Crippen MR) is 76.9 cm³/mol. The number of rotatable bonds is 2. The number of carbonyl (C=O) groups excluding carboxylic acids is 1. The van der Waals surface area contributed by atoms with Gasteiger partial charge in [0, 0.05) is 18.8 Å². The van der Waals surface area contributed by atoms with Gasteiger partial charge in [0.1, 0.15) is 0 Å². The summed E-state index contributed by atoms with van der Waals surface area (Å²) in [6.07, 6.45) is 0. The summed E-state index contributed by atoms with van der Waals surface area (Å²) in [5.41, 5.74) is 2.86. The highest BCUT2D eigenvalue weighted by Crippen LogP contribution is 2.22. The molecule has 0 aliphatic carbocycles. The van der Waals surface area contributed by atoms with E-state index in [-0.39, 0.29) is 5.97 Å². The van der Waals surface area contributed by atoms with Crippen molar-refractivity contribution >= 4 is 11.7 Å². The van der Waals surface area contributed by atoms with Crippen molar-refractivity contribution in [1.29, 1.82) is 0 Å². The van der Waals surface area contributed by atoms with E-state index in [9.17, 15) is 4.79 Å². The van der Waals surface area contributed by atoms with E-state index in [0.29, 0.717) is 5.56 Å². The normalized spacial score (nSPS) is 14.4. The molecule has 1 saturated heterocycles. The molecule has 1 heterocycles. The summed E-state index contributed by atoms with van der Waals surface area (Å²) in [5, 5.41) is 0. The lowest BCUT2D eigenvalue weighted by atomic mass is 10.1. The molecule has 0 amide bonds. The molecule has 19 heavy (non-hydrogen) atoms. The fourth-order valence-corrected chi connectivity index (χ4v) is 2.06. The molecule has 106 valence electrons. The maximum absolute atomic E-state index is 11.4. The molecule has 0 bridgehead atoms. The highest BCUT2D eigenvalue weighted by atomic mass is 16.5. The minimum absolute atomic E-state index is 0.290. The van der Waals surface area contributed by atoms with Crippen LogP contribution in [0.3, 0.4) is 0 Å². The van der Waals surface area contributed by atoms with Gasteiger partial charge >= 0.3 is 5.97 Å². The van der Waals surface area contributed by atoms with Gasteiger partial charge in [0.25, 0.3) is 0 Å². The molecule has 1 aromatic carbocycles. The molecule has 0 N–H and O–H groups in total. The monoisotopic (exact) mass is 265 g/mol. The Morgan fingerprint density at radius 3 is 2.42 bits per heavy atom. The molecule has 0 aromatic heterocycles. The average molecular weight is 265 g/mol. The van der Waals surface area contributed by atoms with Crippen LogP contribution in [0.4, 0.5) is 5.69 Å². The van der Waals surface area contributed by atoms with Crippen molar-refractivity contribution in [2.75, 3.05) is 38.3 Å². The molecule has 4 nitrogen and oxygen atoms in total. The fourth-order valence-electron chi connectivity index (χ4n) is 2.06. The van der Waals surface area contributed by atoms with E-state index in [1.54, 1.807) is 0 Å². The van der Waals surface area contributed by atoms with Crippen molar-refractivity contribution in [1.82, 2.24) is 0 Å². The van der Waals surface area contributed by atoms with Crippen molar-refractivity contribution in [3.63, 3.8) is 0 Å². The maximum Gasteiger partial charge on any atom is 0.337 e. The molecule has 0 radical (unpaired) electrons. The number of methoxy groups -OCH3 is 1. The van der Waals surface area contributed by atoms with Crippen molar-refractivity contribution in [2.24, 2.45) is 0 Å². The van der Waals surface area contributed by atoms with Gasteiger partial charge in [-0.15, -0.1) is 0 Å². The Bertz CT molecular complexity index is 412. The van der Waals surface area contributed by atoms with Crippen molar-refractivity contribution < 1.29 is 14.3 Å². The smallest absolute Gasteiger partial charge is 0.337 e. The first-order chi connectivity index (χ1) is 9.22. The lowest BCUT2D eigenvalue weighted by Crippen LogP contribution is -2.36. The zero-order chi connectivity index (χ0) is 14.3. The molecular weight excluding hydrogens is 242 g/mol. The molecule has 1 fully saturated rings. The fraction of sp³-hybridized carbons (Fsp3) is 0.533. The van der Waals surface area contributed by atoms with Crippen LogP contribution in [0.1, 0.15) is 29.8 Å². The summed E-state index contributed by atoms with van der Waals surface area (Å²) in [4.78, 5) is 13.7. The molecule has 0 atom stereocenters. The van der Waals surface area contributed by atoms with E-state index in [2.05, 4.69) is 4.90 Å². The lowest BCUT2D eigenvalue weighted by molar-refractivity contribution is 0.0600. The summed E-state index contributed by atoms with van der Waals surface area (Å²) in [6, 6.07) is 5.66. The quantitative estimate of drug-likeness (QED) is 0.771. The molecule has 0 spiro atoms. The number of nitrogens with zero attached hydrogens (tertiary/aromatic N) is 1. The van der Waals surface area contributed by atoms with Gasteiger partial charge in [-0.25, -0.2) is 4.79 Å². The number of ether oxygens (including phenoxy) is 2. The summed E-state index contributed by atoms with van der Waals surface area (Å²) in [7, 11) is 1.40. The van der Waals surface area contributed by atoms with Crippen LogP contribution < -0.4 is 4.90 Å². The van der Waals surface area contributed by atoms with Crippen LogP contribution in [0.15, 0.2) is 18.2 Å². The maximum atomic E-state index is 11.4. The molecule has 1 aliphatic heterocycles. The lowest BCUT2D eigenvalue weighted by Gasteiger charge is -2.30. The van der Waals surface area contributed by atoms with E-state index >= 15 is 0 Å². The number of esters is 1. The number of anilines is 1. The van der Waals surface area contributed by atoms with Gasteiger partial charge in [0.05, 0.1) is 25.9 Å². The SMILES string of the molecule is CC.COC(=O)c1ccc(N2CCOCC2)c(C)c1. The largest absolute Gasteiger partial charge is 0.465 e. The Hall–Kier alpha value is -1.55. The number of aryl methyl sites for hydroxylation is 1. The zero-order valence-electron chi connectivity index (χ0n) is 12.2. The molecule has 1 aliphatic rings. The molecule has 2 rings (SSSR count). The topological polar surface area (TPSA) is 38.8 Å². The van der Waals surface area contributed by atoms with Crippen LogP contribution in [0, 0.1) is 6.92 Å². The Morgan fingerprint density at radius 1 is 1.26 bits per heavy atom. The Labute approximate surface area is 115 Å². The van der Waals surface area contributed by atoms with E-state index in [0.717, 1.165) is 31.9 Å². The second-order valence-corrected chi connectivity index (χ2v) is 4.09. The van der Waals surface area contributed by atoms with E-state index < -0.39 is 0 Å². The number of hydrogen-bond acceptors (Lipinski definition) is 4. The third-order valence-electron chi connectivity index (χ3n) is 2.97. The first kappa shape index (κ1) is 15.5. The number of carbonyl (C=O) groups is 1. The minimum atomic E-state index is -0.290. The van der Waals surface area contributed by atoms with E-state index in [4.69, 9.17) is 9.47 Å². The van der Waals surface area contributed by atoms with E-state index in [1.165, 1.54) is 12.8 Å². The summed E-state index contributed by atoms with van der Waals surface area (Å²) < 4.78 is 10.0. The highest BCUT2D eigenvalue weighted by molar-refractivity contribution is 5.90. The van der Waals surface area contributed by atoms with Crippen LogP contribution in [0.25, 0.3) is 0 Å². The zero-order valence-corrected chi connectivity index (χ0v) is 12.2. The van der Waals surface area contributed by atoms with Crippen molar-refractivity contribution in [3.8, 4) is 0 Å². The van der Waals surface area contributed by atoms with Gasteiger partial charge in [0.2, 0.25) is 0 Å². The Kier molecular flexibility index (Phi) is 6.36. The molecule has 0 saturated carbocycles. The third kappa shape index (κ3) is 3.96. The standard InChI is InChI=1S/C13H17NO3.C2H6/c1-10-9-11(13(15)16-2)3-4-12(10)14-5-7-17-8-6-14;1-2/h3-4,9H,5-8H2,1-2H3;1-2H3. The second-order valence-electron chi connectivity index (χ2n) is 4.09. The average Bonchev–Trinajstić information content (AvgIpc) is 2.49. The Balaban J connectivity index is 0.000000861. The second kappa shape index (κ2) is 7.79. The first-order valence-corrected chi connectivity index (χ1v) is 6.74. The predicted octanol–water partition coefficient (Wildman–Crippen LogP) is 2.64. The van der Waals surface area contributed by atoms with Crippen LogP contribution in [-0.4, -0.2) is 39.4 Å². The van der Waals surface area contributed by atoms with Gasteiger partial charge in [-0.1, -0.05) is 13.8 Å².